The normalized spacial score (nSPS) is 14.8. The average molecular weight is 415 g/mol. The molecular formula is C20H42F4Si2. The smallest absolute Gasteiger partial charge is 0.0973 e. The van der Waals surface area contributed by atoms with Crippen molar-refractivity contribution in [3.8, 4) is 0 Å². The van der Waals surface area contributed by atoms with Gasteiger partial charge in [0.15, 0.2) is 0 Å². The molecule has 0 fully saturated rings. The Bertz CT molecular complexity index is 244. The minimum Gasteiger partial charge on any atom is -0.251 e. The Labute approximate surface area is 163 Å². The third kappa shape index (κ3) is 20.5. The van der Waals surface area contributed by atoms with Crippen molar-refractivity contribution in [2.75, 3.05) is 13.3 Å². The molecule has 0 nitrogen and oxygen atoms in total. The summed E-state index contributed by atoms with van der Waals surface area (Å²) in [5.74, 6) is 0. The lowest BCUT2D eigenvalue weighted by Gasteiger charge is -2.08. The van der Waals surface area contributed by atoms with E-state index in [-0.39, 0.29) is 32.4 Å². The van der Waals surface area contributed by atoms with E-state index in [1.165, 1.54) is 24.9 Å². The van der Waals surface area contributed by atoms with Gasteiger partial charge in [0.25, 0.3) is 0 Å². The fourth-order valence-corrected chi connectivity index (χ4v) is 6.81. The molecule has 0 aromatic carbocycles. The van der Waals surface area contributed by atoms with E-state index in [4.69, 9.17) is 0 Å². The van der Waals surface area contributed by atoms with Gasteiger partial charge in [-0.05, 0) is 37.8 Å². The van der Waals surface area contributed by atoms with Gasteiger partial charge in [-0.2, -0.15) is 0 Å². The highest BCUT2D eigenvalue weighted by atomic mass is 28.2. The van der Waals surface area contributed by atoms with Gasteiger partial charge in [-0.1, -0.05) is 63.5 Å². The summed E-state index contributed by atoms with van der Waals surface area (Å²) in [7, 11) is -0.538. The van der Waals surface area contributed by atoms with E-state index in [1.54, 1.807) is 0 Å². The fraction of sp³-hybridized carbons (Fsp3) is 1.00. The molecule has 0 N–H and O–H groups in total. The van der Waals surface area contributed by atoms with Crippen molar-refractivity contribution in [2.24, 2.45) is 0 Å². The van der Waals surface area contributed by atoms with Crippen LogP contribution >= 0.6 is 0 Å². The van der Waals surface area contributed by atoms with Crippen molar-refractivity contribution >= 4 is 19.0 Å². The Morgan fingerprint density at radius 1 is 0.500 bits per heavy atom. The lowest BCUT2D eigenvalue weighted by atomic mass is 10.1. The molecule has 0 rings (SSSR count). The minimum absolute atomic E-state index is 0.248. The largest absolute Gasteiger partial charge is 0.251 e. The van der Waals surface area contributed by atoms with Crippen molar-refractivity contribution in [2.45, 2.75) is 114 Å². The molecule has 0 saturated heterocycles. The highest BCUT2D eigenvalue weighted by Gasteiger charge is 2.07. The molecule has 0 radical (unpaired) electrons. The second-order valence-electron chi connectivity index (χ2n) is 7.68. The van der Waals surface area contributed by atoms with Gasteiger partial charge in [0.05, 0.1) is 25.7 Å². The Morgan fingerprint density at radius 3 is 1.27 bits per heavy atom. The van der Waals surface area contributed by atoms with Crippen LogP contribution in [0.5, 0.6) is 0 Å². The second-order valence-corrected chi connectivity index (χ2v) is 11.7. The molecule has 0 heterocycles. The minimum atomic E-state index is -0.626. The summed E-state index contributed by atoms with van der Waals surface area (Å²) in [6.45, 7) is -0.495. The highest BCUT2D eigenvalue weighted by Crippen LogP contribution is 2.15. The molecule has 0 saturated carbocycles. The molecule has 0 aliphatic rings. The summed E-state index contributed by atoms with van der Waals surface area (Å²) in [5, 5.41) is 0. The number of hydrogen-bond donors (Lipinski definition) is 0. The quantitative estimate of drug-likeness (QED) is 0.118. The van der Waals surface area contributed by atoms with Crippen LogP contribution in [0, 0.1) is 0 Å². The maximum atomic E-state index is 13.7. The van der Waals surface area contributed by atoms with Crippen LogP contribution in [-0.2, 0) is 0 Å². The third-order valence-electron chi connectivity index (χ3n) is 5.09. The van der Waals surface area contributed by atoms with Crippen molar-refractivity contribution in [3.63, 3.8) is 0 Å². The number of unbranched alkanes of at least 4 members (excludes halogenated alkanes) is 7. The van der Waals surface area contributed by atoms with Crippen molar-refractivity contribution in [1.29, 1.82) is 0 Å². The molecule has 0 aliphatic carbocycles. The van der Waals surface area contributed by atoms with Crippen molar-refractivity contribution < 1.29 is 17.6 Å². The monoisotopic (exact) mass is 414 g/mol. The van der Waals surface area contributed by atoms with Crippen molar-refractivity contribution in [3.05, 3.63) is 0 Å². The first-order chi connectivity index (χ1) is 12.7. The van der Waals surface area contributed by atoms with Crippen molar-refractivity contribution in [1.82, 2.24) is 0 Å². The van der Waals surface area contributed by atoms with Gasteiger partial charge in [-0.25, -0.2) is 8.78 Å². The first-order valence-corrected chi connectivity index (χ1v) is 15.1. The summed E-state index contributed by atoms with van der Waals surface area (Å²) in [5.41, 5.74) is 0. The molecule has 0 amide bonds. The van der Waals surface area contributed by atoms with E-state index < -0.39 is 12.3 Å². The summed E-state index contributed by atoms with van der Waals surface area (Å²) in [6.07, 6.45) is 9.26. The molecule has 2 unspecified atom stereocenters. The summed E-state index contributed by atoms with van der Waals surface area (Å²) < 4.78 is 51.3. The zero-order valence-corrected chi connectivity index (χ0v) is 19.6. The van der Waals surface area contributed by atoms with Gasteiger partial charge in [-0.3, -0.25) is 8.78 Å². The molecule has 0 aromatic rings. The van der Waals surface area contributed by atoms with E-state index in [0.717, 1.165) is 50.6 Å². The average Bonchev–Trinajstić information content (AvgIpc) is 2.63. The molecule has 0 spiro atoms. The lowest BCUT2D eigenvalue weighted by Crippen LogP contribution is -2.05. The highest BCUT2D eigenvalue weighted by molar-refractivity contribution is 6.36. The zero-order valence-electron chi connectivity index (χ0n) is 16.8. The Hall–Kier alpha value is 0.154. The van der Waals surface area contributed by atoms with E-state index in [2.05, 4.69) is 0 Å². The number of alkyl halides is 4. The van der Waals surface area contributed by atoms with Gasteiger partial charge < -0.3 is 0 Å². The van der Waals surface area contributed by atoms with Crippen LogP contribution in [0.4, 0.5) is 17.6 Å². The summed E-state index contributed by atoms with van der Waals surface area (Å²) in [4.78, 5) is 0. The van der Waals surface area contributed by atoms with Gasteiger partial charge in [0.1, 0.15) is 0 Å². The fourth-order valence-electron chi connectivity index (χ4n) is 3.36. The molecule has 158 valence electrons. The standard InChI is InChI=1S/C20H42F4Si2/c21-13-7-3-1-5-11-19(23)17-25-15-9-10-16-26-18-20(24)12-6-2-4-8-14-22/h19-20H,1-18,25-26H2. The van der Waals surface area contributed by atoms with E-state index in [0.29, 0.717) is 25.7 Å². The Balaban J connectivity index is 3.22. The molecule has 26 heavy (non-hydrogen) atoms. The third-order valence-corrected chi connectivity index (χ3v) is 9.16. The molecule has 0 aliphatic heterocycles. The van der Waals surface area contributed by atoms with E-state index in [9.17, 15) is 17.6 Å². The Kier molecular flexibility index (Phi) is 21.6. The van der Waals surface area contributed by atoms with Crippen LogP contribution in [0.3, 0.4) is 0 Å². The van der Waals surface area contributed by atoms with Crippen LogP contribution in [-0.4, -0.2) is 44.7 Å². The lowest BCUT2D eigenvalue weighted by molar-refractivity contribution is 0.327. The van der Waals surface area contributed by atoms with Crippen LogP contribution in [0.25, 0.3) is 0 Å². The van der Waals surface area contributed by atoms with Gasteiger partial charge in [0, 0.05) is 19.0 Å². The number of halogens is 4. The first kappa shape index (κ1) is 26.2. The maximum absolute atomic E-state index is 13.7. The summed E-state index contributed by atoms with van der Waals surface area (Å²) in [6, 6.07) is 4.06. The molecule has 0 bridgehead atoms. The predicted molar refractivity (Wildman–Crippen MR) is 113 cm³/mol. The molecule has 2 atom stereocenters. The van der Waals surface area contributed by atoms with Crippen LogP contribution in [0.15, 0.2) is 0 Å². The SMILES string of the molecule is FCCCCCCC(F)C[SiH2]CCCC[SiH2]CC(F)CCCCCCF. The van der Waals surface area contributed by atoms with Crippen LogP contribution < -0.4 is 0 Å². The van der Waals surface area contributed by atoms with Crippen LogP contribution in [0.2, 0.25) is 24.2 Å². The number of rotatable bonds is 21. The molecular weight excluding hydrogens is 372 g/mol. The maximum Gasteiger partial charge on any atom is 0.0973 e. The van der Waals surface area contributed by atoms with E-state index >= 15 is 0 Å². The first-order valence-electron chi connectivity index (χ1n) is 11.1. The van der Waals surface area contributed by atoms with Gasteiger partial charge in [-0.15, -0.1) is 0 Å². The molecule has 6 heteroatoms. The van der Waals surface area contributed by atoms with Gasteiger partial charge >= 0.3 is 0 Å². The van der Waals surface area contributed by atoms with Crippen LogP contribution in [0.1, 0.15) is 77.0 Å². The predicted octanol–water partition coefficient (Wildman–Crippen LogP) is 6.29. The topological polar surface area (TPSA) is 0 Å². The summed E-state index contributed by atoms with van der Waals surface area (Å²) >= 11 is 0. The van der Waals surface area contributed by atoms with E-state index in [1.807, 2.05) is 0 Å². The Morgan fingerprint density at radius 2 is 0.885 bits per heavy atom. The second kappa shape index (κ2) is 21.5. The number of hydrogen-bond acceptors (Lipinski definition) is 0. The zero-order chi connectivity index (χ0) is 19.3. The van der Waals surface area contributed by atoms with Gasteiger partial charge in [0.2, 0.25) is 0 Å². The molecule has 0 aromatic heterocycles.